The third-order valence-corrected chi connectivity index (χ3v) is 7.54. The van der Waals surface area contributed by atoms with Crippen molar-refractivity contribution in [3.8, 4) is 0 Å². The van der Waals surface area contributed by atoms with Gasteiger partial charge in [-0.1, -0.05) is 17.7 Å². The van der Waals surface area contributed by atoms with Gasteiger partial charge in [-0.3, -0.25) is 4.79 Å². The van der Waals surface area contributed by atoms with Gasteiger partial charge in [0, 0.05) is 33.3 Å². The lowest BCUT2D eigenvalue weighted by Crippen LogP contribution is -2.50. The monoisotopic (exact) mass is 369 g/mol. The molecule has 26 heavy (non-hydrogen) atoms. The van der Waals surface area contributed by atoms with Crippen molar-refractivity contribution in [3.05, 3.63) is 40.4 Å². The highest BCUT2D eigenvalue weighted by Crippen LogP contribution is 2.60. The molecule has 1 heterocycles. The van der Waals surface area contributed by atoms with E-state index in [1.165, 1.54) is 24.8 Å². The first-order valence-electron chi connectivity index (χ1n) is 10.2. The molecule has 4 saturated carbocycles. The summed E-state index contributed by atoms with van der Waals surface area (Å²) in [5.41, 5.74) is 3.23. The maximum Gasteiger partial charge on any atom is 0.163 e. The van der Waals surface area contributed by atoms with E-state index in [9.17, 15) is 4.79 Å². The molecule has 1 aromatic carbocycles. The van der Waals surface area contributed by atoms with Crippen LogP contribution in [0, 0.1) is 23.2 Å². The number of carbonyl (C=O) groups excluding carboxylic acids is 1. The summed E-state index contributed by atoms with van der Waals surface area (Å²) in [5, 5.41) is 4.36. The number of halogens is 1. The van der Waals surface area contributed by atoms with Gasteiger partial charge in [0.15, 0.2) is 5.78 Å². The number of fused-ring (bicyclic) bond motifs is 1. The van der Waals surface area contributed by atoms with Gasteiger partial charge in [0.2, 0.25) is 0 Å². The first-order chi connectivity index (χ1) is 12.3. The fourth-order valence-electron chi connectivity index (χ4n) is 6.72. The maximum absolute atomic E-state index is 13.5. The Morgan fingerprint density at radius 2 is 1.73 bits per heavy atom. The van der Waals surface area contributed by atoms with Crippen LogP contribution in [-0.4, -0.2) is 11.3 Å². The minimum atomic E-state index is -0.0796. The zero-order valence-electron chi connectivity index (χ0n) is 15.8. The standard InChI is InChI=1S/C23H28ClNO/c1-22(2)13-17-3-4-18(24)8-19(17)20(25-22)9-21(26)23-10-14-5-15(11-23)7-16(6-14)12-23/h3-4,8-9,14-16,25H,5-7,10-13H2,1-2H3/b20-9+. The van der Waals surface area contributed by atoms with Crippen LogP contribution in [0.2, 0.25) is 5.02 Å². The van der Waals surface area contributed by atoms with Crippen molar-refractivity contribution in [1.29, 1.82) is 0 Å². The number of nitrogens with one attached hydrogen (secondary N) is 1. The molecular weight excluding hydrogens is 342 g/mol. The molecule has 0 unspecified atom stereocenters. The number of benzene rings is 1. The molecule has 2 nitrogen and oxygen atoms in total. The molecule has 6 rings (SSSR count). The summed E-state index contributed by atoms with van der Waals surface area (Å²) in [6, 6.07) is 6.08. The van der Waals surface area contributed by atoms with Gasteiger partial charge in [-0.2, -0.15) is 0 Å². The minimum absolute atomic E-state index is 0.0472. The number of carbonyl (C=O) groups is 1. The predicted octanol–water partition coefficient (Wildman–Crippen LogP) is 5.39. The molecule has 0 radical (unpaired) electrons. The largest absolute Gasteiger partial charge is 0.379 e. The number of allylic oxidation sites excluding steroid dienone is 1. The highest BCUT2D eigenvalue weighted by atomic mass is 35.5. The second-order valence-corrected chi connectivity index (χ2v) is 10.5. The van der Waals surface area contributed by atoms with E-state index in [1.54, 1.807) is 0 Å². The normalized spacial score (nSPS) is 38.1. The van der Waals surface area contributed by atoms with Crippen LogP contribution in [0.5, 0.6) is 0 Å². The van der Waals surface area contributed by atoms with Crippen LogP contribution in [0.4, 0.5) is 0 Å². The lowest BCUT2D eigenvalue weighted by molar-refractivity contribution is -0.138. The van der Waals surface area contributed by atoms with Crippen molar-refractivity contribution in [2.24, 2.45) is 23.2 Å². The first-order valence-corrected chi connectivity index (χ1v) is 10.5. The predicted molar refractivity (Wildman–Crippen MR) is 106 cm³/mol. The number of hydrogen-bond acceptors (Lipinski definition) is 2. The molecule has 0 atom stereocenters. The smallest absolute Gasteiger partial charge is 0.163 e. The molecule has 0 spiro atoms. The third kappa shape index (κ3) is 2.72. The van der Waals surface area contributed by atoms with E-state index >= 15 is 0 Å². The van der Waals surface area contributed by atoms with Crippen LogP contribution in [-0.2, 0) is 11.2 Å². The molecule has 4 aliphatic carbocycles. The zero-order valence-corrected chi connectivity index (χ0v) is 16.5. The summed E-state index contributed by atoms with van der Waals surface area (Å²) in [6.45, 7) is 4.40. The Morgan fingerprint density at radius 3 is 2.35 bits per heavy atom. The van der Waals surface area contributed by atoms with Crippen molar-refractivity contribution >= 4 is 23.1 Å². The Kier molecular flexibility index (Phi) is 3.64. The van der Waals surface area contributed by atoms with Gasteiger partial charge in [-0.15, -0.1) is 0 Å². The molecule has 1 aliphatic heterocycles. The first kappa shape index (κ1) is 16.9. The van der Waals surface area contributed by atoms with Gasteiger partial charge in [-0.25, -0.2) is 0 Å². The van der Waals surface area contributed by atoms with Gasteiger partial charge in [0.25, 0.3) is 0 Å². The van der Waals surface area contributed by atoms with Crippen molar-refractivity contribution < 1.29 is 4.79 Å². The maximum atomic E-state index is 13.5. The van der Waals surface area contributed by atoms with Crippen LogP contribution >= 0.6 is 11.6 Å². The molecule has 138 valence electrons. The molecule has 4 bridgehead atoms. The summed E-state index contributed by atoms with van der Waals surface area (Å²) in [6.07, 6.45) is 10.3. The fraction of sp³-hybridized carbons (Fsp3) is 0.609. The van der Waals surface area contributed by atoms with E-state index in [4.69, 9.17) is 11.6 Å². The van der Waals surface area contributed by atoms with E-state index in [-0.39, 0.29) is 11.0 Å². The average Bonchev–Trinajstić information content (AvgIpc) is 2.53. The van der Waals surface area contributed by atoms with Gasteiger partial charge < -0.3 is 5.32 Å². The molecule has 5 aliphatic rings. The molecule has 1 aromatic rings. The number of rotatable bonds is 2. The molecule has 0 amide bonds. The van der Waals surface area contributed by atoms with Gasteiger partial charge in [0.1, 0.15) is 0 Å². The Morgan fingerprint density at radius 1 is 1.12 bits per heavy atom. The summed E-state index contributed by atoms with van der Waals surface area (Å²) < 4.78 is 0. The topological polar surface area (TPSA) is 29.1 Å². The highest BCUT2D eigenvalue weighted by Gasteiger charge is 2.53. The van der Waals surface area contributed by atoms with Crippen LogP contribution in [0.25, 0.3) is 5.70 Å². The second kappa shape index (κ2) is 5.61. The Bertz CT molecular complexity index is 771. The molecule has 3 heteroatoms. The summed E-state index contributed by atoms with van der Waals surface area (Å²) in [7, 11) is 0. The van der Waals surface area contributed by atoms with Crippen molar-refractivity contribution in [3.63, 3.8) is 0 Å². The van der Waals surface area contributed by atoms with Crippen molar-refractivity contribution in [2.75, 3.05) is 0 Å². The van der Waals surface area contributed by atoms with Crippen LogP contribution in [0.1, 0.15) is 63.5 Å². The van der Waals surface area contributed by atoms with E-state index in [2.05, 4.69) is 25.2 Å². The lowest BCUT2D eigenvalue weighted by Gasteiger charge is -2.55. The Balaban J connectivity index is 1.52. The lowest BCUT2D eigenvalue weighted by atomic mass is 9.48. The van der Waals surface area contributed by atoms with Crippen molar-refractivity contribution in [2.45, 2.75) is 64.3 Å². The summed E-state index contributed by atoms with van der Waals surface area (Å²) >= 11 is 6.27. The van der Waals surface area contributed by atoms with Gasteiger partial charge in [0.05, 0.1) is 0 Å². The van der Waals surface area contributed by atoms with Gasteiger partial charge in [-0.05, 0) is 94.2 Å². The van der Waals surface area contributed by atoms with Crippen LogP contribution in [0.15, 0.2) is 24.3 Å². The number of hydrogen-bond donors (Lipinski definition) is 1. The minimum Gasteiger partial charge on any atom is -0.379 e. The number of ketones is 1. The van der Waals surface area contributed by atoms with Crippen LogP contribution < -0.4 is 5.32 Å². The SMILES string of the molecule is CC1(C)Cc2ccc(Cl)cc2/C(=C\C(=O)C23CC4CC(CC(C4)C2)C3)N1. The van der Waals surface area contributed by atoms with E-state index < -0.39 is 0 Å². The second-order valence-electron chi connectivity index (χ2n) is 10.1. The summed E-state index contributed by atoms with van der Waals surface area (Å²) in [4.78, 5) is 13.5. The third-order valence-electron chi connectivity index (χ3n) is 7.30. The Labute approximate surface area is 161 Å². The van der Waals surface area contributed by atoms with Crippen molar-refractivity contribution in [1.82, 2.24) is 5.32 Å². The van der Waals surface area contributed by atoms with E-state index in [0.717, 1.165) is 59.7 Å². The van der Waals surface area contributed by atoms with E-state index in [0.29, 0.717) is 5.78 Å². The highest BCUT2D eigenvalue weighted by molar-refractivity contribution is 6.30. The Hall–Kier alpha value is -1.28. The van der Waals surface area contributed by atoms with Crippen LogP contribution in [0.3, 0.4) is 0 Å². The van der Waals surface area contributed by atoms with Gasteiger partial charge >= 0.3 is 0 Å². The molecule has 0 aromatic heterocycles. The molecule has 1 N–H and O–H groups in total. The average molecular weight is 370 g/mol. The molecule has 4 fully saturated rings. The fourth-order valence-corrected chi connectivity index (χ4v) is 6.89. The zero-order chi connectivity index (χ0) is 18.1. The molecule has 0 saturated heterocycles. The summed E-state index contributed by atoms with van der Waals surface area (Å²) in [5.74, 6) is 2.74. The molecular formula is C23H28ClNO. The quantitative estimate of drug-likeness (QED) is 0.708. The van der Waals surface area contributed by atoms with E-state index in [1.807, 2.05) is 18.2 Å².